The number of imidazole rings is 1. The van der Waals surface area contributed by atoms with E-state index in [0.29, 0.717) is 22.2 Å². The van der Waals surface area contributed by atoms with Crippen molar-refractivity contribution in [3.8, 4) is 5.75 Å². The number of methoxy groups -OCH3 is 1. The molecule has 5 heteroatoms. The minimum absolute atomic E-state index is 0.204. The van der Waals surface area contributed by atoms with Crippen LogP contribution in [0.15, 0.2) is 24.5 Å². The second-order valence-corrected chi connectivity index (χ2v) is 4.43. The van der Waals surface area contributed by atoms with Crippen molar-refractivity contribution in [3.05, 3.63) is 46.5 Å². The second-order valence-electron chi connectivity index (χ2n) is 3.99. The fourth-order valence-corrected chi connectivity index (χ4v) is 2.15. The molecule has 0 radical (unpaired) electrons. The Labute approximate surface area is 110 Å². The Hall–Kier alpha value is -1.81. The summed E-state index contributed by atoms with van der Waals surface area (Å²) >= 11 is 5.99. The SMILES string of the molecule is COc1c(C)cc(Cl)cc1C(=O)c1nccn1C. The lowest BCUT2D eigenvalue weighted by Gasteiger charge is -2.11. The van der Waals surface area contributed by atoms with Crippen LogP contribution in [-0.4, -0.2) is 22.4 Å². The number of carbonyl (C=O) groups is 1. The van der Waals surface area contributed by atoms with Gasteiger partial charge in [0.05, 0.1) is 12.7 Å². The van der Waals surface area contributed by atoms with E-state index in [-0.39, 0.29) is 5.78 Å². The van der Waals surface area contributed by atoms with Crippen LogP contribution in [0.2, 0.25) is 5.02 Å². The van der Waals surface area contributed by atoms with Crippen molar-refractivity contribution in [2.24, 2.45) is 7.05 Å². The van der Waals surface area contributed by atoms with Crippen LogP contribution in [0.5, 0.6) is 5.75 Å². The van der Waals surface area contributed by atoms with Crippen molar-refractivity contribution in [2.45, 2.75) is 6.92 Å². The van der Waals surface area contributed by atoms with E-state index in [4.69, 9.17) is 16.3 Å². The van der Waals surface area contributed by atoms with Gasteiger partial charge < -0.3 is 9.30 Å². The summed E-state index contributed by atoms with van der Waals surface area (Å²) in [6.45, 7) is 1.85. The van der Waals surface area contributed by atoms with E-state index in [1.807, 2.05) is 6.92 Å². The van der Waals surface area contributed by atoms with E-state index in [1.54, 1.807) is 36.1 Å². The van der Waals surface area contributed by atoms with Gasteiger partial charge in [0.25, 0.3) is 0 Å². The highest BCUT2D eigenvalue weighted by Gasteiger charge is 2.20. The molecular weight excluding hydrogens is 252 g/mol. The van der Waals surface area contributed by atoms with E-state index >= 15 is 0 Å². The average Bonchev–Trinajstić information content (AvgIpc) is 2.73. The minimum atomic E-state index is -0.204. The number of ketones is 1. The molecule has 0 aliphatic rings. The molecule has 1 aromatic carbocycles. The summed E-state index contributed by atoms with van der Waals surface area (Å²) in [7, 11) is 3.30. The summed E-state index contributed by atoms with van der Waals surface area (Å²) in [5, 5.41) is 0.505. The summed E-state index contributed by atoms with van der Waals surface area (Å²) < 4.78 is 6.94. The van der Waals surface area contributed by atoms with Crippen molar-refractivity contribution in [1.82, 2.24) is 9.55 Å². The molecule has 0 saturated carbocycles. The number of benzene rings is 1. The van der Waals surface area contributed by atoms with Gasteiger partial charge in [-0.25, -0.2) is 4.98 Å². The van der Waals surface area contributed by atoms with Gasteiger partial charge in [-0.1, -0.05) is 11.6 Å². The maximum Gasteiger partial charge on any atom is 0.232 e. The Morgan fingerprint density at radius 2 is 2.17 bits per heavy atom. The number of ether oxygens (including phenoxy) is 1. The highest BCUT2D eigenvalue weighted by molar-refractivity contribution is 6.31. The summed E-state index contributed by atoms with van der Waals surface area (Å²) in [5.74, 6) is 0.687. The Bertz CT molecular complexity index is 605. The monoisotopic (exact) mass is 264 g/mol. The first-order chi connectivity index (χ1) is 8.54. The summed E-state index contributed by atoms with van der Waals surface area (Å²) in [4.78, 5) is 16.4. The molecule has 18 heavy (non-hydrogen) atoms. The van der Waals surface area contributed by atoms with Crippen molar-refractivity contribution in [2.75, 3.05) is 7.11 Å². The van der Waals surface area contributed by atoms with Gasteiger partial charge in [-0.05, 0) is 24.6 Å². The predicted octanol–water partition coefficient (Wildman–Crippen LogP) is 2.62. The van der Waals surface area contributed by atoms with E-state index < -0.39 is 0 Å². The Kier molecular flexibility index (Phi) is 3.39. The lowest BCUT2D eigenvalue weighted by Crippen LogP contribution is -2.10. The van der Waals surface area contributed by atoms with Gasteiger partial charge in [0.1, 0.15) is 5.75 Å². The van der Waals surface area contributed by atoms with Crippen LogP contribution >= 0.6 is 11.6 Å². The molecule has 0 amide bonds. The van der Waals surface area contributed by atoms with Gasteiger partial charge in [-0.3, -0.25) is 4.79 Å². The van der Waals surface area contributed by atoms with Gasteiger partial charge >= 0.3 is 0 Å². The lowest BCUT2D eigenvalue weighted by atomic mass is 10.1. The molecule has 0 fully saturated rings. The number of halogens is 1. The predicted molar refractivity (Wildman–Crippen MR) is 69.4 cm³/mol. The summed E-state index contributed by atoms with van der Waals surface area (Å²) in [6, 6.07) is 3.36. The van der Waals surface area contributed by atoms with Gasteiger partial charge in [-0.2, -0.15) is 0 Å². The molecule has 0 N–H and O–H groups in total. The molecule has 4 nitrogen and oxygen atoms in total. The molecule has 0 spiro atoms. The lowest BCUT2D eigenvalue weighted by molar-refractivity contribution is 0.102. The minimum Gasteiger partial charge on any atom is -0.496 e. The van der Waals surface area contributed by atoms with Crippen LogP contribution in [0.3, 0.4) is 0 Å². The topological polar surface area (TPSA) is 44.1 Å². The second kappa shape index (κ2) is 4.82. The number of nitrogens with zero attached hydrogens (tertiary/aromatic N) is 2. The van der Waals surface area contributed by atoms with Crippen LogP contribution in [0.25, 0.3) is 0 Å². The molecule has 94 valence electrons. The molecule has 2 rings (SSSR count). The zero-order valence-corrected chi connectivity index (χ0v) is 11.2. The molecule has 0 aliphatic heterocycles. The fourth-order valence-electron chi connectivity index (χ4n) is 1.87. The molecule has 0 atom stereocenters. The van der Waals surface area contributed by atoms with Crippen LogP contribution in [0.4, 0.5) is 0 Å². The van der Waals surface area contributed by atoms with Gasteiger partial charge in [0, 0.05) is 24.5 Å². The third-order valence-electron chi connectivity index (χ3n) is 2.71. The van der Waals surface area contributed by atoms with Gasteiger partial charge in [-0.15, -0.1) is 0 Å². The zero-order chi connectivity index (χ0) is 13.3. The number of carbonyl (C=O) groups excluding carboxylic acids is 1. The quantitative estimate of drug-likeness (QED) is 0.801. The number of hydrogen-bond acceptors (Lipinski definition) is 3. The normalized spacial score (nSPS) is 10.4. The van der Waals surface area contributed by atoms with E-state index in [0.717, 1.165) is 5.56 Å². The van der Waals surface area contributed by atoms with E-state index in [2.05, 4.69) is 4.98 Å². The standard InChI is InChI=1S/C13H13ClN2O2/c1-8-6-9(14)7-10(12(8)18-3)11(17)13-15-4-5-16(13)2/h4-7H,1-3H3. The number of hydrogen-bond donors (Lipinski definition) is 0. The molecule has 0 unspecified atom stereocenters. The van der Waals surface area contributed by atoms with Crippen molar-refractivity contribution >= 4 is 17.4 Å². The van der Waals surface area contributed by atoms with Crippen molar-refractivity contribution in [1.29, 1.82) is 0 Å². The Morgan fingerprint density at radius 3 is 2.72 bits per heavy atom. The largest absolute Gasteiger partial charge is 0.496 e. The van der Waals surface area contributed by atoms with Crippen LogP contribution < -0.4 is 4.74 Å². The summed E-state index contributed by atoms with van der Waals surface area (Å²) in [6.07, 6.45) is 3.30. The highest BCUT2D eigenvalue weighted by atomic mass is 35.5. The molecular formula is C13H13ClN2O2. The maximum absolute atomic E-state index is 12.4. The first kappa shape index (κ1) is 12.6. The Morgan fingerprint density at radius 1 is 1.44 bits per heavy atom. The molecule has 0 aliphatic carbocycles. The van der Waals surface area contributed by atoms with Gasteiger partial charge in [0.2, 0.25) is 5.78 Å². The van der Waals surface area contributed by atoms with Crippen LogP contribution in [0, 0.1) is 6.92 Å². The maximum atomic E-state index is 12.4. The first-order valence-electron chi connectivity index (χ1n) is 5.40. The van der Waals surface area contributed by atoms with Crippen LogP contribution in [-0.2, 0) is 7.05 Å². The smallest absolute Gasteiger partial charge is 0.232 e. The van der Waals surface area contributed by atoms with E-state index in [1.165, 1.54) is 7.11 Å². The molecule has 1 heterocycles. The third kappa shape index (κ3) is 2.11. The zero-order valence-electron chi connectivity index (χ0n) is 10.4. The number of aryl methyl sites for hydroxylation is 2. The van der Waals surface area contributed by atoms with Gasteiger partial charge in [0.15, 0.2) is 5.82 Å². The number of aromatic nitrogens is 2. The highest BCUT2D eigenvalue weighted by Crippen LogP contribution is 2.29. The van der Waals surface area contributed by atoms with Crippen LogP contribution in [0.1, 0.15) is 21.7 Å². The molecule has 2 aromatic rings. The molecule has 0 bridgehead atoms. The molecule has 0 saturated heterocycles. The van der Waals surface area contributed by atoms with Crippen molar-refractivity contribution < 1.29 is 9.53 Å². The fraction of sp³-hybridized carbons (Fsp3) is 0.231. The van der Waals surface area contributed by atoms with Crippen molar-refractivity contribution in [3.63, 3.8) is 0 Å². The van der Waals surface area contributed by atoms with E-state index in [9.17, 15) is 4.79 Å². The average molecular weight is 265 g/mol. The number of rotatable bonds is 3. The third-order valence-corrected chi connectivity index (χ3v) is 2.93. The Balaban J connectivity index is 2.58. The summed E-state index contributed by atoms with van der Waals surface area (Å²) in [5.41, 5.74) is 1.25. The molecule has 1 aromatic heterocycles. The first-order valence-corrected chi connectivity index (χ1v) is 5.78.